The summed E-state index contributed by atoms with van der Waals surface area (Å²) in [7, 11) is 0. The predicted octanol–water partition coefficient (Wildman–Crippen LogP) is 2.62. The van der Waals surface area contributed by atoms with E-state index in [1.165, 1.54) is 5.56 Å². The van der Waals surface area contributed by atoms with Crippen molar-refractivity contribution in [3.05, 3.63) is 35.4 Å². The minimum absolute atomic E-state index is 0.333. The fraction of sp³-hybridized carbons (Fsp3) is 0.500. The molecule has 0 bridgehead atoms. The SMILES string of the molecule is FCc1ccccc1C1CCNCC1. The Labute approximate surface area is 84.3 Å². The first-order valence-electron chi connectivity index (χ1n) is 5.26. The fourth-order valence-corrected chi connectivity index (χ4v) is 2.19. The first-order valence-corrected chi connectivity index (χ1v) is 5.26. The van der Waals surface area contributed by atoms with Gasteiger partial charge in [-0.2, -0.15) is 0 Å². The van der Waals surface area contributed by atoms with Crippen molar-refractivity contribution in [3.8, 4) is 0 Å². The normalized spacial score (nSPS) is 18.4. The lowest BCUT2D eigenvalue weighted by atomic mass is 9.87. The van der Waals surface area contributed by atoms with E-state index in [-0.39, 0.29) is 6.67 Å². The van der Waals surface area contributed by atoms with Gasteiger partial charge in [-0.25, -0.2) is 4.39 Å². The van der Waals surface area contributed by atoms with E-state index >= 15 is 0 Å². The summed E-state index contributed by atoms with van der Waals surface area (Å²) in [4.78, 5) is 0. The Bertz CT molecular complexity index is 292. The number of benzene rings is 1. The summed E-state index contributed by atoms with van der Waals surface area (Å²) in [5, 5.41) is 3.33. The van der Waals surface area contributed by atoms with Crippen molar-refractivity contribution in [2.24, 2.45) is 0 Å². The molecule has 0 aliphatic carbocycles. The van der Waals surface area contributed by atoms with Crippen LogP contribution in [0.2, 0.25) is 0 Å². The van der Waals surface area contributed by atoms with Crippen molar-refractivity contribution in [2.75, 3.05) is 13.1 Å². The second-order valence-corrected chi connectivity index (χ2v) is 3.86. The van der Waals surface area contributed by atoms with Crippen molar-refractivity contribution in [2.45, 2.75) is 25.4 Å². The van der Waals surface area contributed by atoms with Gasteiger partial charge in [0.15, 0.2) is 0 Å². The molecule has 76 valence electrons. The standard InChI is InChI=1S/C12H16FN/c13-9-11-3-1-2-4-12(11)10-5-7-14-8-6-10/h1-4,10,14H,5-9H2. The van der Waals surface area contributed by atoms with Gasteiger partial charge in [-0.3, -0.25) is 0 Å². The molecular formula is C12H16FN. The maximum Gasteiger partial charge on any atom is 0.115 e. The highest BCUT2D eigenvalue weighted by Crippen LogP contribution is 2.28. The Balaban J connectivity index is 2.20. The van der Waals surface area contributed by atoms with Gasteiger partial charge in [-0.05, 0) is 43.0 Å². The van der Waals surface area contributed by atoms with Gasteiger partial charge >= 0.3 is 0 Å². The molecule has 1 aromatic rings. The second kappa shape index (κ2) is 4.56. The summed E-state index contributed by atoms with van der Waals surface area (Å²) in [5.41, 5.74) is 2.09. The molecule has 0 amide bonds. The smallest absolute Gasteiger partial charge is 0.115 e. The molecule has 14 heavy (non-hydrogen) atoms. The quantitative estimate of drug-likeness (QED) is 0.761. The molecule has 1 heterocycles. The van der Waals surface area contributed by atoms with Crippen molar-refractivity contribution < 1.29 is 4.39 Å². The summed E-state index contributed by atoms with van der Waals surface area (Å²) in [6.45, 7) is 1.79. The molecule has 2 rings (SSSR count). The molecule has 1 N–H and O–H groups in total. The van der Waals surface area contributed by atoms with Crippen LogP contribution in [-0.2, 0) is 6.67 Å². The molecule has 1 aliphatic heterocycles. The zero-order valence-corrected chi connectivity index (χ0v) is 8.30. The van der Waals surface area contributed by atoms with Gasteiger partial charge in [-0.15, -0.1) is 0 Å². The van der Waals surface area contributed by atoms with Gasteiger partial charge < -0.3 is 5.32 Å². The Hall–Kier alpha value is -0.890. The van der Waals surface area contributed by atoms with E-state index in [4.69, 9.17) is 0 Å². The van der Waals surface area contributed by atoms with E-state index in [0.717, 1.165) is 31.5 Å². The van der Waals surface area contributed by atoms with Crippen molar-refractivity contribution in [3.63, 3.8) is 0 Å². The van der Waals surface area contributed by atoms with Crippen LogP contribution >= 0.6 is 0 Å². The molecule has 1 fully saturated rings. The van der Waals surface area contributed by atoms with Crippen LogP contribution in [0.5, 0.6) is 0 Å². The molecular weight excluding hydrogens is 177 g/mol. The molecule has 0 saturated carbocycles. The van der Waals surface area contributed by atoms with Crippen LogP contribution in [0.4, 0.5) is 4.39 Å². The van der Waals surface area contributed by atoms with Gasteiger partial charge in [0, 0.05) is 0 Å². The Morgan fingerprint density at radius 1 is 1.21 bits per heavy atom. The number of rotatable bonds is 2. The molecule has 0 unspecified atom stereocenters. The summed E-state index contributed by atoms with van der Waals surface area (Å²) < 4.78 is 12.7. The third-order valence-electron chi connectivity index (χ3n) is 2.98. The Morgan fingerprint density at radius 3 is 2.64 bits per heavy atom. The topological polar surface area (TPSA) is 12.0 Å². The summed E-state index contributed by atoms with van der Waals surface area (Å²) in [6, 6.07) is 7.90. The van der Waals surface area contributed by atoms with E-state index in [1.54, 1.807) is 0 Å². The lowest BCUT2D eigenvalue weighted by Crippen LogP contribution is -2.27. The highest BCUT2D eigenvalue weighted by molar-refractivity contribution is 5.30. The monoisotopic (exact) mass is 193 g/mol. The van der Waals surface area contributed by atoms with Crippen molar-refractivity contribution in [1.29, 1.82) is 0 Å². The molecule has 1 saturated heterocycles. The zero-order valence-electron chi connectivity index (χ0n) is 8.30. The third-order valence-corrected chi connectivity index (χ3v) is 2.98. The second-order valence-electron chi connectivity index (χ2n) is 3.86. The molecule has 0 aromatic heterocycles. The number of piperidine rings is 1. The third kappa shape index (κ3) is 1.95. The Kier molecular flexibility index (Phi) is 3.14. The van der Waals surface area contributed by atoms with Crippen molar-refractivity contribution >= 4 is 0 Å². The largest absolute Gasteiger partial charge is 0.317 e. The first-order chi connectivity index (χ1) is 6.92. The first kappa shape index (κ1) is 9.66. The number of halogens is 1. The lowest BCUT2D eigenvalue weighted by Gasteiger charge is -2.24. The van der Waals surface area contributed by atoms with Crippen LogP contribution in [0, 0.1) is 0 Å². The maximum atomic E-state index is 12.7. The highest BCUT2D eigenvalue weighted by atomic mass is 19.1. The van der Waals surface area contributed by atoms with E-state index in [0.29, 0.717) is 5.92 Å². The molecule has 1 aliphatic rings. The van der Waals surface area contributed by atoms with Crippen LogP contribution in [0.15, 0.2) is 24.3 Å². The lowest BCUT2D eigenvalue weighted by molar-refractivity contribution is 0.442. The van der Waals surface area contributed by atoms with Gasteiger partial charge in [0.05, 0.1) is 0 Å². The predicted molar refractivity (Wildman–Crippen MR) is 56.1 cm³/mol. The fourth-order valence-electron chi connectivity index (χ4n) is 2.19. The minimum Gasteiger partial charge on any atom is -0.317 e. The maximum absolute atomic E-state index is 12.7. The molecule has 0 atom stereocenters. The molecule has 0 spiro atoms. The van der Waals surface area contributed by atoms with Crippen LogP contribution in [0.25, 0.3) is 0 Å². The average Bonchev–Trinajstić information content (AvgIpc) is 2.30. The van der Waals surface area contributed by atoms with E-state index < -0.39 is 0 Å². The summed E-state index contributed by atoms with van der Waals surface area (Å²) in [6.07, 6.45) is 2.27. The molecule has 1 nitrogen and oxygen atoms in total. The van der Waals surface area contributed by atoms with Crippen molar-refractivity contribution in [1.82, 2.24) is 5.32 Å². The van der Waals surface area contributed by atoms with Gasteiger partial charge in [0.25, 0.3) is 0 Å². The summed E-state index contributed by atoms with van der Waals surface area (Å²) in [5.74, 6) is 0.559. The summed E-state index contributed by atoms with van der Waals surface area (Å²) >= 11 is 0. The number of hydrogen-bond donors (Lipinski definition) is 1. The Morgan fingerprint density at radius 2 is 1.93 bits per heavy atom. The number of hydrogen-bond acceptors (Lipinski definition) is 1. The van der Waals surface area contributed by atoms with Crippen LogP contribution in [0.1, 0.15) is 29.9 Å². The van der Waals surface area contributed by atoms with E-state index in [1.807, 2.05) is 18.2 Å². The minimum atomic E-state index is -0.333. The van der Waals surface area contributed by atoms with E-state index in [2.05, 4.69) is 11.4 Å². The molecule has 1 aromatic carbocycles. The average molecular weight is 193 g/mol. The van der Waals surface area contributed by atoms with E-state index in [9.17, 15) is 4.39 Å². The van der Waals surface area contributed by atoms with Crippen LogP contribution in [0.3, 0.4) is 0 Å². The van der Waals surface area contributed by atoms with Gasteiger partial charge in [0.1, 0.15) is 6.67 Å². The molecule has 2 heteroatoms. The van der Waals surface area contributed by atoms with Crippen LogP contribution < -0.4 is 5.32 Å². The van der Waals surface area contributed by atoms with Gasteiger partial charge in [-0.1, -0.05) is 24.3 Å². The molecule has 0 radical (unpaired) electrons. The van der Waals surface area contributed by atoms with Crippen LogP contribution in [-0.4, -0.2) is 13.1 Å². The van der Waals surface area contributed by atoms with Gasteiger partial charge in [0.2, 0.25) is 0 Å². The zero-order chi connectivity index (χ0) is 9.80. The number of alkyl halides is 1. The highest BCUT2D eigenvalue weighted by Gasteiger charge is 2.17. The number of nitrogens with one attached hydrogen (secondary N) is 1.